The number of aryl methyl sites for hydroxylation is 1. The van der Waals surface area contributed by atoms with Gasteiger partial charge in [0.1, 0.15) is 5.52 Å². The number of hydrogen-bond donors (Lipinski definition) is 1. The van der Waals surface area contributed by atoms with Crippen LogP contribution < -0.4 is 5.73 Å². The summed E-state index contributed by atoms with van der Waals surface area (Å²) in [6, 6.07) is 10.00. The van der Waals surface area contributed by atoms with Gasteiger partial charge in [0.25, 0.3) is 0 Å². The van der Waals surface area contributed by atoms with Crippen molar-refractivity contribution < 1.29 is 0 Å². The zero-order valence-corrected chi connectivity index (χ0v) is 11.3. The Morgan fingerprint density at radius 2 is 2.11 bits per heavy atom. The maximum atomic E-state index is 5.98. The first-order valence-corrected chi connectivity index (χ1v) is 6.31. The number of fused-ring (bicyclic) bond motifs is 1. The lowest BCUT2D eigenvalue weighted by molar-refractivity contribution is 1.08. The maximum Gasteiger partial charge on any atom is 0.207 e. The predicted molar refractivity (Wildman–Crippen MR) is 75.7 cm³/mol. The zero-order valence-electron chi connectivity index (χ0n) is 9.76. The number of hydrogen-bond acceptors (Lipinski definition) is 3. The van der Waals surface area contributed by atoms with E-state index in [1.54, 1.807) is 6.20 Å². The van der Waals surface area contributed by atoms with Crippen LogP contribution >= 0.6 is 15.9 Å². The van der Waals surface area contributed by atoms with Gasteiger partial charge in [0.2, 0.25) is 5.95 Å². The highest BCUT2D eigenvalue weighted by atomic mass is 79.9. The van der Waals surface area contributed by atoms with E-state index in [0.29, 0.717) is 5.95 Å². The minimum absolute atomic E-state index is 0.446. The molecule has 0 fully saturated rings. The van der Waals surface area contributed by atoms with Crippen LogP contribution in [0.25, 0.3) is 16.9 Å². The molecule has 3 rings (SSSR count). The highest BCUT2D eigenvalue weighted by molar-refractivity contribution is 9.10. The van der Waals surface area contributed by atoms with Crippen molar-refractivity contribution in [1.82, 2.24) is 14.5 Å². The van der Waals surface area contributed by atoms with E-state index in [-0.39, 0.29) is 0 Å². The molecule has 4 nitrogen and oxygen atoms in total. The van der Waals surface area contributed by atoms with Gasteiger partial charge in [-0.05, 0) is 46.6 Å². The van der Waals surface area contributed by atoms with Crippen LogP contribution in [0, 0.1) is 6.92 Å². The summed E-state index contributed by atoms with van der Waals surface area (Å²) in [7, 11) is 0. The number of pyridine rings is 1. The molecule has 2 aromatic heterocycles. The fraction of sp³-hybridized carbons (Fsp3) is 0.0769. The number of anilines is 1. The lowest BCUT2D eigenvalue weighted by Crippen LogP contribution is -2.01. The van der Waals surface area contributed by atoms with Gasteiger partial charge in [0, 0.05) is 10.7 Å². The molecule has 0 amide bonds. The minimum atomic E-state index is 0.446. The summed E-state index contributed by atoms with van der Waals surface area (Å²) in [5.74, 6) is 0.446. The average Bonchev–Trinajstić information content (AvgIpc) is 2.64. The molecule has 0 aliphatic rings. The van der Waals surface area contributed by atoms with E-state index in [1.807, 2.05) is 35.8 Å². The molecular formula is C13H11BrN4. The molecule has 2 N–H and O–H groups in total. The molecule has 0 unspecified atom stereocenters. The van der Waals surface area contributed by atoms with Gasteiger partial charge in [0.05, 0.1) is 5.69 Å². The Bertz CT molecular complexity index is 733. The van der Waals surface area contributed by atoms with Crippen LogP contribution in [0.2, 0.25) is 0 Å². The van der Waals surface area contributed by atoms with E-state index in [2.05, 4.69) is 32.0 Å². The summed E-state index contributed by atoms with van der Waals surface area (Å²) in [6.45, 7) is 2.04. The van der Waals surface area contributed by atoms with E-state index in [9.17, 15) is 0 Å². The van der Waals surface area contributed by atoms with Gasteiger partial charge >= 0.3 is 0 Å². The summed E-state index contributed by atoms with van der Waals surface area (Å²) in [5.41, 5.74) is 9.68. The predicted octanol–water partition coefficient (Wildman–Crippen LogP) is 3.07. The van der Waals surface area contributed by atoms with Gasteiger partial charge in [-0.25, -0.2) is 9.97 Å². The molecule has 0 saturated heterocycles. The molecule has 0 aliphatic heterocycles. The number of halogens is 1. The second kappa shape index (κ2) is 4.10. The molecule has 2 heterocycles. The molecule has 90 valence electrons. The van der Waals surface area contributed by atoms with Crippen molar-refractivity contribution in [3.63, 3.8) is 0 Å². The lowest BCUT2D eigenvalue weighted by atomic mass is 10.2. The molecule has 0 saturated carbocycles. The van der Waals surface area contributed by atoms with Crippen LogP contribution in [0.15, 0.2) is 41.0 Å². The van der Waals surface area contributed by atoms with Crippen molar-refractivity contribution >= 4 is 33.0 Å². The first-order valence-electron chi connectivity index (χ1n) is 5.51. The molecule has 0 aliphatic carbocycles. The summed E-state index contributed by atoms with van der Waals surface area (Å²) >= 11 is 3.38. The number of benzene rings is 1. The molecule has 5 heteroatoms. The lowest BCUT2D eigenvalue weighted by Gasteiger charge is -2.06. The maximum absolute atomic E-state index is 5.98. The summed E-state index contributed by atoms with van der Waals surface area (Å²) < 4.78 is 2.75. The van der Waals surface area contributed by atoms with Gasteiger partial charge in [-0.3, -0.25) is 4.57 Å². The Morgan fingerprint density at radius 1 is 1.28 bits per heavy atom. The van der Waals surface area contributed by atoms with E-state index in [0.717, 1.165) is 21.3 Å². The highest BCUT2D eigenvalue weighted by Gasteiger charge is 2.11. The second-order valence-electron chi connectivity index (χ2n) is 4.14. The Morgan fingerprint density at radius 3 is 2.89 bits per heavy atom. The largest absolute Gasteiger partial charge is 0.369 e. The van der Waals surface area contributed by atoms with Crippen LogP contribution in [-0.4, -0.2) is 14.5 Å². The van der Waals surface area contributed by atoms with Gasteiger partial charge in [-0.15, -0.1) is 0 Å². The van der Waals surface area contributed by atoms with Gasteiger partial charge in [-0.1, -0.05) is 12.1 Å². The number of nitrogens with zero attached hydrogens (tertiary/aromatic N) is 3. The van der Waals surface area contributed by atoms with Gasteiger partial charge in [-0.2, -0.15) is 0 Å². The van der Waals surface area contributed by atoms with Crippen molar-refractivity contribution in [2.75, 3.05) is 5.73 Å². The number of rotatable bonds is 1. The van der Waals surface area contributed by atoms with E-state index in [1.165, 1.54) is 5.56 Å². The number of nitrogens with two attached hydrogens (primary N) is 1. The third kappa shape index (κ3) is 1.76. The molecule has 1 aromatic carbocycles. The Labute approximate surface area is 113 Å². The van der Waals surface area contributed by atoms with Crippen LogP contribution in [-0.2, 0) is 0 Å². The third-order valence-corrected chi connectivity index (χ3v) is 3.18. The Hall–Kier alpha value is -1.88. The van der Waals surface area contributed by atoms with E-state index >= 15 is 0 Å². The van der Waals surface area contributed by atoms with Crippen molar-refractivity contribution in [2.45, 2.75) is 6.92 Å². The molecule has 0 bridgehead atoms. The monoisotopic (exact) mass is 302 g/mol. The fourth-order valence-electron chi connectivity index (χ4n) is 1.98. The van der Waals surface area contributed by atoms with Crippen LogP contribution in [0.1, 0.15) is 5.56 Å². The SMILES string of the molecule is Cc1cccc(-n2c(N)nc3cc(Br)cnc32)c1. The molecule has 3 aromatic rings. The van der Waals surface area contributed by atoms with Crippen LogP contribution in [0.3, 0.4) is 0 Å². The summed E-state index contributed by atoms with van der Waals surface area (Å²) in [5, 5.41) is 0. The van der Waals surface area contributed by atoms with Gasteiger partial charge < -0.3 is 5.73 Å². The quantitative estimate of drug-likeness (QED) is 0.751. The smallest absolute Gasteiger partial charge is 0.207 e. The number of nitrogen functional groups attached to an aromatic ring is 1. The van der Waals surface area contributed by atoms with E-state index < -0.39 is 0 Å². The van der Waals surface area contributed by atoms with Crippen molar-refractivity contribution in [2.24, 2.45) is 0 Å². The van der Waals surface area contributed by atoms with E-state index in [4.69, 9.17) is 5.73 Å². The first-order chi connectivity index (χ1) is 8.65. The number of aromatic nitrogens is 3. The molecule has 0 spiro atoms. The molecule has 0 radical (unpaired) electrons. The van der Waals surface area contributed by atoms with Crippen LogP contribution in [0.4, 0.5) is 5.95 Å². The van der Waals surface area contributed by atoms with Crippen molar-refractivity contribution in [3.05, 3.63) is 46.6 Å². The molecule has 18 heavy (non-hydrogen) atoms. The normalized spacial score (nSPS) is 11.0. The first kappa shape index (κ1) is 11.2. The molecule has 0 atom stereocenters. The van der Waals surface area contributed by atoms with Crippen molar-refractivity contribution in [1.29, 1.82) is 0 Å². The fourth-order valence-corrected chi connectivity index (χ4v) is 2.30. The zero-order chi connectivity index (χ0) is 12.7. The highest BCUT2D eigenvalue weighted by Crippen LogP contribution is 2.23. The second-order valence-corrected chi connectivity index (χ2v) is 5.06. The van der Waals surface area contributed by atoms with Crippen molar-refractivity contribution in [3.8, 4) is 5.69 Å². The molecular weight excluding hydrogens is 292 g/mol. The third-order valence-electron chi connectivity index (χ3n) is 2.75. The minimum Gasteiger partial charge on any atom is -0.369 e. The number of imidazole rings is 1. The Balaban J connectivity index is 2.32. The topological polar surface area (TPSA) is 56.7 Å². The standard InChI is InChI=1S/C13H11BrN4/c1-8-3-2-4-10(5-8)18-12-11(17-13(18)15)6-9(14)7-16-12/h2-7H,1H3,(H2,15,17). The van der Waals surface area contributed by atoms with Crippen LogP contribution in [0.5, 0.6) is 0 Å². The van der Waals surface area contributed by atoms with Gasteiger partial charge in [0.15, 0.2) is 5.65 Å². The summed E-state index contributed by atoms with van der Waals surface area (Å²) in [6.07, 6.45) is 1.75. The summed E-state index contributed by atoms with van der Waals surface area (Å²) in [4.78, 5) is 8.71. The Kier molecular flexibility index (Phi) is 2.56. The average molecular weight is 303 g/mol.